The summed E-state index contributed by atoms with van der Waals surface area (Å²) in [6.07, 6.45) is 2.47. The quantitative estimate of drug-likeness (QED) is 0.638. The van der Waals surface area contributed by atoms with Crippen molar-refractivity contribution in [3.8, 4) is 0 Å². The minimum atomic E-state index is -0.345. The van der Waals surface area contributed by atoms with Gasteiger partial charge in [0.05, 0.1) is 4.92 Å². The van der Waals surface area contributed by atoms with Crippen LogP contribution in [0.5, 0.6) is 0 Å². The molecule has 2 rings (SSSR count). The molecule has 5 nitrogen and oxygen atoms in total. The molecule has 1 N–H and O–H groups in total. The molecule has 1 heterocycles. The lowest BCUT2D eigenvalue weighted by Crippen LogP contribution is -2.34. The van der Waals surface area contributed by atoms with Crippen molar-refractivity contribution in [1.82, 2.24) is 10.2 Å². The first-order valence-electron chi connectivity index (χ1n) is 6.30. The zero-order chi connectivity index (χ0) is 13.0. The Labute approximate surface area is 107 Å². The van der Waals surface area contributed by atoms with Crippen molar-refractivity contribution in [2.75, 3.05) is 20.1 Å². The molecule has 18 heavy (non-hydrogen) atoms. The molecule has 1 aromatic rings. The van der Waals surface area contributed by atoms with E-state index < -0.39 is 0 Å². The molecule has 0 spiro atoms. The summed E-state index contributed by atoms with van der Waals surface area (Å²) in [5.41, 5.74) is 1.16. The Kier molecular flexibility index (Phi) is 4.28. The van der Waals surface area contributed by atoms with E-state index in [-0.39, 0.29) is 10.6 Å². The van der Waals surface area contributed by atoms with Crippen LogP contribution in [0.2, 0.25) is 0 Å². The number of benzene rings is 1. The van der Waals surface area contributed by atoms with Gasteiger partial charge in [-0.3, -0.25) is 10.1 Å². The largest absolute Gasteiger partial charge is 0.313 e. The molecule has 1 aromatic carbocycles. The number of nitrogens with zero attached hydrogens (tertiary/aromatic N) is 2. The second-order valence-electron chi connectivity index (χ2n) is 4.92. The second kappa shape index (κ2) is 5.93. The number of non-ortho nitro benzene ring substituents is 1. The summed E-state index contributed by atoms with van der Waals surface area (Å²) >= 11 is 0. The van der Waals surface area contributed by atoms with Crippen molar-refractivity contribution in [1.29, 1.82) is 0 Å². The fraction of sp³-hybridized carbons (Fsp3) is 0.538. The molecule has 98 valence electrons. The molecular formula is C13H19N3O2. The Morgan fingerprint density at radius 1 is 1.56 bits per heavy atom. The van der Waals surface area contributed by atoms with Gasteiger partial charge in [-0.05, 0) is 32.0 Å². The van der Waals surface area contributed by atoms with Gasteiger partial charge >= 0.3 is 0 Å². The minimum absolute atomic E-state index is 0.167. The van der Waals surface area contributed by atoms with Gasteiger partial charge in [-0.15, -0.1) is 0 Å². The molecule has 0 saturated carbocycles. The van der Waals surface area contributed by atoms with E-state index in [9.17, 15) is 10.1 Å². The van der Waals surface area contributed by atoms with Crippen molar-refractivity contribution in [2.45, 2.75) is 25.4 Å². The van der Waals surface area contributed by atoms with Crippen LogP contribution in [0.15, 0.2) is 24.3 Å². The first kappa shape index (κ1) is 13.0. The number of hydrogen-bond acceptors (Lipinski definition) is 4. The first-order chi connectivity index (χ1) is 8.65. The van der Waals surface area contributed by atoms with Crippen molar-refractivity contribution in [3.63, 3.8) is 0 Å². The van der Waals surface area contributed by atoms with Crippen LogP contribution < -0.4 is 5.32 Å². The lowest BCUT2D eigenvalue weighted by molar-refractivity contribution is -0.384. The molecule has 0 aliphatic carbocycles. The normalized spacial score (nSPS) is 19.3. The highest BCUT2D eigenvalue weighted by Gasteiger charge is 2.16. The van der Waals surface area contributed by atoms with E-state index in [0.717, 1.165) is 25.2 Å². The molecule has 1 aliphatic heterocycles. The average molecular weight is 249 g/mol. The molecule has 0 amide bonds. The molecule has 5 heteroatoms. The summed E-state index contributed by atoms with van der Waals surface area (Å²) in [6.45, 7) is 2.85. The van der Waals surface area contributed by atoms with Gasteiger partial charge in [0.25, 0.3) is 5.69 Å². The Morgan fingerprint density at radius 3 is 3.06 bits per heavy atom. The molecule has 1 saturated heterocycles. The molecule has 0 aromatic heterocycles. The van der Waals surface area contributed by atoms with Crippen LogP contribution in [-0.2, 0) is 6.54 Å². The number of likely N-dealkylation sites (N-methyl/N-ethyl adjacent to an activating group) is 1. The maximum absolute atomic E-state index is 10.7. The van der Waals surface area contributed by atoms with E-state index in [0.29, 0.717) is 6.04 Å². The van der Waals surface area contributed by atoms with Crippen LogP contribution in [0.25, 0.3) is 0 Å². The number of nitro groups is 1. The zero-order valence-corrected chi connectivity index (χ0v) is 10.6. The van der Waals surface area contributed by atoms with Gasteiger partial charge in [-0.1, -0.05) is 12.1 Å². The molecule has 1 unspecified atom stereocenters. The lowest BCUT2D eigenvalue weighted by Gasteiger charge is -2.20. The van der Waals surface area contributed by atoms with Gasteiger partial charge in [0.1, 0.15) is 0 Å². The molecule has 0 bridgehead atoms. The van der Waals surface area contributed by atoms with Gasteiger partial charge in [0.15, 0.2) is 0 Å². The average Bonchev–Trinajstić information content (AvgIpc) is 2.82. The smallest absolute Gasteiger partial charge is 0.269 e. The highest BCUT2D eigenvalue weighted by atomic mass is 16.6. The standard InChI is InChI=1S/C13H19N3O2/c1-15(10-12-5-3-7-14-12)9-11-4-2-6-13(8-11)16(17)18/h2,4,6,8,12,14H,3,5,7,9-10H2,1H3. The van der Waals surface area contributed by atoms with Gasteiger partial charge in [0.2, 0.25) is 0 Å². The Hall–Kier alpha value is -1.46. The van der Waals surface area contributed by atoms with Crippen molar-refractivity contribution in [2.24, 2.45) is 0 Å². The van der Waals surface area contributed by atoms with E-state index in [4.69, 9.17) is 0 Å². The van der Waals surface area contributed by atoms with Gasteiger partial charge < -0.3 is 10.2 Å². The lowest BCUT2D eigenvalue weighted by atomic mass is 10.1. The van der Waals surface area contributed by atoms with Crippen molar-refractivity contribution in [3.05, 3.63) is 39.9 Å². The minimum Gasteiger partial charge on any atom is -0.313 e. The van der Waals surface area contributed by atoms with E-state index in [1.54, 1.807) is 12.1 Å². The molecule has 0 radical (unpaired) electrons. The van der Waals surface area contributed by atoms with Crippen LogP contribution in [-0.4, -0.2) is 36.0 Å². The number of nitrogens with one attached hydrogen (secondary N) is 1. The fourth-order valence-corrected chi connectivity index (χ4v) is 2.43. The SMILES string of the molecule is CN(Cc1cccc([N+](=O)[O-])c1)CC1CCCN1. The van der Waals surface area contributed by atoms with Gasteiger partial charge in [-0.25, -0.2) is 0 Å². The van der Waals surface area contributed by atoms with Crippen LogP contribution in [0, 0.1) is 10.1 Å². The highest BCUT2D eigenvalue weighted by Crippen LogP contribution is 2.15. The van der Waals surface area contributed by atoms with Gasteiger partial charge in [-0.2, -0.15) is 0 Å². The summed E-state index contributed by atoms with van der Waals surface area (Å²) in [6, 6.07) is 7.43. The topological polar surface area (TPSA) is 58.4 Å². The summed E-state index contributed by atoms with van der Waals surface area (Å²) in [5.74, 6) is 0. The van der Waals surface area contributed by atoms with Crippen LogP contribution in [0.1, 0.15) is 18.4 Å². The summed E-state index contributed by atoms with van der Waals surface area (Å²) in [5, 5.41) is 14.2. The molecular weight excluding hydrogens is 230 g/mol. The van der Waals surface area contributed by atoms with Gasteiger partial charge in [0, 0.05) is 31.3 Å². The van der Waals surface area contributed by atoms with Crippen LogP contribution >= 0.6 is 0 Å². The second-order valence-corrected chi connectivity index (χ2v) is 4.92. The number of hydrogen-bond donors (Lipinski definition) is 1. The summed E-state index contributed by atoms with van der Waals surface area (Å²) in [4.78, 5) is 12.6. The fourth-order valence-electron chi connectivity index (χ4n) is 2.43. The maximum atomic E-state index is 10.7. The Bertz CT molecular complexity index is 416. The maximum Gasteiger partial charge on any atom is 0.269 e. The molecule has 1 atom stereocenters. The molecule has 1 aliphatic rings. The monoisotopic (exact) mass is 249 g/mol. The van der Waals surface area contributed by atoms with Crippen LogP contribution in [0.3, 0.4) is 0 Å². The van der Waals surface area contributed by atoms with Crippen LogP contribution in [0.4, 0.5) is 5.69 Å². The zero-order valence-electron chi connectivity index (χ0n) is 10.6. The Morgan fingerprint density at radius 2 is 2.39 bits per heavy atom. The van der Waals surface area contributed by atoms with E-state index in [1.807, 2.05) is 6.07 Å². The van der Waals surface area contributed by atoms with E-state index >= 15 is 0 Å². The van der Waals surface area contributed by atoms with E-state index in [2.05, 4.69) is 17.3 Å². The van der Waals surface area contributed by atoms with E-state index in [1.165, 1.54) is 18.9 Å². The number of nitro benzene ring substituents is 1. The number of rotatable bonds is 5. The summed E-state index contributed by atoms with van der Waals surface area (Å²) in [7, 11) is 2.05. The predicted molar refractivity (Wildman–Crippen MR) is 70.5 cm³/mol. The summed E-state index contributed by atoms with van der Waals surface area (Å²) < 4.78 is 0. The Balaban J connectivity index is 1.91. The third-order valence-electron chi connectivity index (χ3n) is 3.27. The third kappa shape index (κ3) is 3.51. The van der Waals surface area contributed by atoms with Crippen molar-refractivity contribution < 1.29 is 4.92 Å². The van der Waals surface area contributed by atoms with Crippen molar-refractivity contribution >= 4 is 5.69 Å². The predicted octanol–water partition coefficient (Wildman–Crippen LogP) is 1.78. The molecule has 1 fully saturated rings. The highest BCUT2D eigenvalue weighted by molar-refractivity contribution is 5.34. The third-order valence-corrected chi connectivity index (χ3v) is 3.27. The first-order valence-corrected chi connectivity index (χ1v) is 6.30.